The number of nitrogens with one attached hydrogen (secondary N) is 1. The molecule has 6 nitrogen and oxygen atoms in total. The third-order valence-electron chi connectivity index (χ3n) is 1.46. The van der Waals surface area contributed by atoms with Crippen LogP contribution in [0, 0.1) is 0 Å². The predicted octanol–water partition coefficient (Wildman–Crippen LogP) is -0.925. The normalized spacial score (nSPS) is 9.83. The van der Waals surface area contributed by atoms with Gasteiger partial charge in [-0.15, -0.1) is 0 Å². The molecule has 0 unspecified atom stereocenters. The summed E-state index contributed by atoms with van der Waals surface area (Å²) >= 11 is 0. The molecule has 6 heteroatoms. The third-order valence-corrected chi connectivity index (χ3v) is 1.46. The number of hydrogen-bond acceptors (Lipinski definition) is 5. The Hall–Kier alpha value is -1.56. The van der Waals surface area contributed by atoms with E-state index in [-0.39, 0.29) is 24.0 Å². The number of carbonyl (C=O) groups excluding carboxylic acids is 1. The van der Waals surface area contributed by atoms with E-state index in [1.54, 1.807) is 0 Å². The maximum absolute atomic E-state index is 11.1. The predicted molar refractivity (Wildman–Crippen MR) is 42.2 cm³/mol. The van der Waals surface area contributed by atoms with Gasteiger partial charge in [0.25, 0.3) is 5.91 Å². The minimum absolute atomic E-state index is 0.0936. The number of amides is 1. The van der Waals surface area contributed by atoms with Gasteiger partial charge < -0.3 is 21.3 Å². The van der Waals surface area contributed by atoms with Crippen LogP contribution in [0.15, 0.2) is 4.52 Å². The van der Waals surface area contributed by atoms with Crippen molar-refractivity contribution in [3.63, 3.8) is 0 Å². The zero-order valence-electron chi connectivity index (χ0n) is 6.63. The van der Waals surface area contributed by atoms with Gasteiger partial charge in [-0.05, 0) is 0 Å². The summed E-state index contributed by atoms with van der Waals surface area (Å²) in [7, 11) is 1.49. The van der Waals surface area contributed by atoms with E-state index in [4.69, 9.17) is 11.5 Å². The number of rotatable bonds is 2. The molecule has 1 heterocycles. The van der Waals surface area contributed by atoms with Gasteiger partial charge in [-0.1, -0.05) is 5.16 Å². The molecule has 1 rings (SSSR count). The Kier molecular flexibility index (Phi) is 2.29. The van der Waals surface area contributed by atoms with Gasteiger partial charge in [0.15, 0.2) is 5.69 Å². The van der Waals surface area contributed by atoms with Gasteiger partial charge >= 0.3 is 0 Å². The Balaban J connectivity index is 3.07. The van der Waals surface area contributed by atoms with Crippen molar-refractivity contribution < 1.29 is 9.32 Å². The summed E-state index contributed by atoms with van der Waals surface area (Å²) in [6, 6.07) is 0. The van der Waals surface area contributed by atoms with Crippen molar-refractivity contribution in [2.75, 3.05) is 12.8 Å². The van der Waals surface area contributed by atoms with Crippen LogP contribution < -0.4 is 16.8 Å². The van der Waals surface area contributed by atoms with Gasteiger partial charge in [0.2, 0.25) is 5.88 Å². The zero-order chi connectivity index (χ0) is 9.14. The standard InChI is InChI=1S/C6H10N4O2/c1-9-6(11)4-3(2-7)5(8)12-10-4/h2,7-8H2,1H3,(H,9,11). The first-order valence-corrected chi connectivity index (χ1v) is 3.36. The van der Waals surface area contributed by atoms with Crippen molar-refractivity contribution in [1.29, 1.82) is 0 Å². The molecular formula is C6H10N4O2. The second kappa shape index (κ2) is 3.22. The van der Waals surface area contributed by atoms with Crippen molar-refractivity contribution in [3.05, 3.63) is 11.3 Å². The van der Waals surface area contributed by atoms with Crippen molar-refractivity contribution in [2.24, 2.45) is 5.73 Å². The molecule has 0 aliphatic rings. The highest BCUT2D eigenvalue weighted by Gasteiger charge is 2.17. The van der Waals surface area contributed by atoms with Crippen molar-refractivity contribution in [1.82, 2.24) is 10.5 Å². The minimum atomic E-state index is -0.351. The second-order valence-corrected chi connectivity index (χ2v) is 2.16. The van der Waals surface area contributed by atoms with Gasteiger partial charge in [0, 0.05) is 13.6 Å². The fourth-order valence-corrected chi connectivity index (χ4v) is 0.816. The Bertz CT molecular complexity index is 294. The van der Waals surface area contributed by atoms with Crippen LogP contribution in [-0.4, -0.2) is 18.1 Å². The molecule has 0 aromatic carbocycles. The van der Waals surface area contributed by atoms with Crippen LogP contribution >= 0.6 is 0 Å². The molecule has 0 aliphatic carbocycles. The van der Waals surface area contributed by atoms with Crippen molar-refractivity contribution in [3.8, 4) is 0 Å². The molecule has 0 radical (unpaired) electrons. The number of anilines is 1. The van der Waals surface area contributed by atoms with Gasteiger partial charge in [-0.25, -0.2) is 0 Å². The SMILES string of the molecule is CNC(=O)c1noc(N)c1CN. The summed E-state index contributed by atoms with van der Waals surface area (Å²) in [6.07, 6.45) is 0. The summed E-state index contributed by atoms with van der Waals surface area (Å²) in [6.45, 7) is 0.137. The fraction of sp³-hybridized carbons (Fsp3) is 0.333. The lowest BCUT2D eigenvalue weighted by Gasteiger charge is -1.95. The van der Waals surface area contributed by atoms with Crippen molar-refractivity contribution >= 4 is 11.8 Å². The van der Waals surface area contributed by atoms with Crippen LogP contribution in [0.2, 0.25) is 0 Å². The molecule has 12 heavy (non-hydrogen) atoms. The smallest absolute Gasteiger partial charge is 0.273 e. The highest BCUT2D eigenvalue weighted by molar-refractivity contribution is 5.94. The molecule has 0 saturated heterocycles. The van der Waals surface area contributed by atoms with E-state index in [1.165, 1.54) is 7.05 Å². The van der Waals surface area contributed by atoms with E-state index < -0.39 is 0 Å². The lowest BCUT2D eigenvalue weighted by molar-refractivity contribution is 0.0953. The molecule has 0 saturated carbocycles. The first-order chi connectivity index (χ1) is 5.70. The minimum Gasteiger partial charge on any atom is -0.367 e. The molecule has 0 aliphatic heterocycles. The summed E-state index contributed by atoms with van der Waals surface area (Å²) < 4.78 is 4.60. The number of hydrogen-bond donors (Lipinski definition) is 3. The molecule has 66 valence electrons. The summed E-state index contributed by atoms with van der Waals surface area (Å²) in [5, 5.41) is 5.86. The summed E-state index contributed by atoms with van der Waals surface area (Å²) in [5.74, 6) is -0.257. The van der Waals surface area contributed by atoms with Gasteiger partial charge in [-0.2, -0.15) is 0 Å². The number of nitrogen functional groups attached to an aromatic ring is 1. The zero-order valence-corrected chi connectivity index (χ0v) is 6.63. The number of aromatic nitrogens is 1. The topological polar surface area (TPSA) is 107 Å². The molecule has 1 aromatic heterocycles. The van der Waals surface area contributed by atoms with Crippen LogP contribution in [0.1, 0.15) is 16.1 Å². The van der Waals surface area contributed by atoms with E-state index in [0.717, 1.165) is 0 Å². The van der Waals surface area contributed by atoms with E-state index in [9.17, 15) is 4.79 Å². The van der Waals surface area contributed by atoms with Gasteiger partial charge in [-0.3, -0.25) is 4.79 Å². The van der Waals surface area contributed by atoms with E-state index in [0.29, 0.717) is 5.56 Å². The first kappa shape index (κ1) is 8.54. The highest BCUT2D eigenvalue weighted by atomic mass is 16.5. The lowest BCUT2D eigenvalue weighted by atomic mass is 10.2. The molecule has 0 fully saturated rings. The Morgan fingerprint density at radius 1 is 1.75 bits per heavy atom. The summed E-state index contributed by atoms with van der Waals surface area (Å²) in [4.78, 5) is 11.1. The van der Waals surface area contributed by atoms with Crippen LogP contribution in [0.25, 0.3) is 0 Å². The largest absolute Gasteiger partial charge is 0.367 e. The molecule has 0 spiro atoms. The maximum Gasteiger partial charge on any atom is 0.273 e. The molecule has 0 atom stereocenters. The van der Waals surface area contributed by atoms with Crippen LogP contribution in [-0.2, 0) is 6.54 Å². The first-order valence-electron chi connectivity index (χ1n) is 3.36. The van der Waals surface area contributed by atoms with E-state index >= 15 is 0 Å². The quantitative estimate of drug-likeness (QED) is 0.531. The lowest BCUT2D eigenvalue weighted by Crippen LogP contribution is -2.20. The average molecular weight is 170 g/mol. The molecule has 5 N–H and O–H groups in total. The van der Waals surface area contributed by atoms with Crippen molar-refractivity contribution in [2.45, 2.75) is 6.54 Å². The maximum atomic E-state index is 11.1. The average Bonchev–Trinajstić information content (AvgIpc) is 2.45. The van der Waals surface area contributed by atoms with Crippen LogP contribution in [0.4, 0.5) is 5.88 Å². The third kappa shape index (κ3) is 1.24. The Morgan fingerprint density at radius 3 is 2.92 bits per heavy atom. The monoisotopic (exact) mass is 170 g/mol. The summed E-state index contributed by atoms with van der Waals surface area (Å²) in [5.41, 5.74) is 11.3. The van der Waals surface area contributed by atoms with Gasteiger partial charge in [0.05, 0.1) is 5.56 Å². The number of carbonyl (C=O) groups is 1. The molecular weight excluding hydrogens is 160 g/mol. The Labute approximate surface area is 68.9 Å². The molecule has 1 amide bonds. The van der Waals surface area contributed by atoms with Gasteiger partial charge in [0.1, 0.15) is 0 Å². The van der Waals surface area contributed by atoms with Crippen LogP contribution in [0.5, 0.6) is 0 Å². The van der Waals surface area contributed by atoms with E-state index in [2.05, 4.69) is 15.0 Å². The fourth-order valence-electron chi connectivity index (χ4n) is 0.816. The second-order valence-electron chi connectivity index (χ2n) is 2.16. The molecule has 0 bridgehead atoms. The number of nitrogens with two attached hydrogens (primary N) is 2. The van der Waals surface area contributed by atoms with E-state index in [1.807, 2.05) is 0 Å². The highest BCUT2D eigenvalue weighted by Crippen LogP contribution is 2.14. The number of nitrogens with zero attached hydrogens (tertiary/aromatic N) is 1. The Morgan fingerprint density at radius 2 is 2.42 bits per heavy atom. The molecule has 1 aromatic rings. The van der Waals surface area contributed by atoms with Crippen LogP contribution in [0.3, 0.4) is 0 Å².